The summed E-state index contributed by atoms with van der Waals surface area (Å²) in [7, 11) is 0. The third-order valence-electron chi connectivity index (χ3n) is 3.86. The molecule has 1 N–H and O–H groups in total. The van der Waals surface area contributed by atoms with Crippen molar-refractivity contribution >= 4 is 15.9 Å². The number of likely N-dealkylation sites (tertiary alicyclic amines) is 1. The number of hydrogen-bond acceptors (Lipinski definition) is 5. The second kappa shape index (κ2) is 5.87. The largest absolute Gasteiger partial charge is 0.419 e. The second-order valence-corrected chi connectivity index (χ2v) is 6.61. The maximum Gasteiger partial charge on any atom is 0.248 e. The van der Waals surface area contributed by atoms with Gasteiger partial charge in [0.1, 0.15) is 0 Å². The third kappa shape index (κ3) is 3.51. The maximum atomic E-state index is 9.96. The Kier molecular flexibility index (Phi) is 4.10. The SMILES string of the molecule is CC1(O)CCN(Cc2nnc(-c3ccccc3Br)o2)CC1. The fourth-order valence-corrected chi connectivity index (χ4v) is 2.90. The molecule has 1 aliphatic rings. The number of piperidine rings is 1. The lowest BCUT2D eigenvalue weighted by Crippen LogP contribution is -2.42. The van der Waals surface area contributed by atoms with Crippen molar-refractivity contribution in [3.8, 4) is 11.5 Å². The van der Waals surface area contributed by atoms with E-state index in [-0.39, 0.29) is 0 Å². The van der Waals surface area contributed by atoms with Crippen LogP contribution in [0.2, 0.25) is 0 Å². The standard InChI is InChI=1S/C15H18BrN3O2/c1-15(20)6-8-19(9-7-15)10-13-17-18-14(21-13)11-4-2-3-5-12(11)16/h2-5,20H,6-10H2,1H3. The number of aromatic nitrogens is 2. The third-order valence-corrected chi connectivity index (χ3v) is 4.55. The van der Waals surface area contributed by atoms with Crippen LogP contribution in [0.15, 0.2) is 33.2 Å². The fourth-order valence-electron chi connectivity index (χ4n) is 2.45. The summed E-state index contributed by atoms with van der Waals surface area (Å²) in [5, 5.41) is 18.2. The molecule has 1 aromatic carbocycles. The normalized spacial score (nSPS) is 18.8. The molecule has 0 bridgehead atoms. The van der Waals surface area contributed by atoms with E-state index in [0.717, 1.165) is 36.0 Å². The molecule has 6 heteroatoms. The highest BCUT2D eigenvalue weighted by Crippen LogP contribution is 2.27. The van der Waals surface area contributed by atoms with Gasteiger partial charge in [-0.2, -0.15) is 0 Å². The van der Waals surface area contributed by atoms with Gasteiger partial charge in [-0.25, -0.2) is 0 Å². The smallest absolute Gasteiger partial charge is 0.248 e. The number of hydrogen-bond donors (Lipinski definition) is 1. The number of halogens is 1. The maximum absolute atomic E-state index is 9.96. The minimum atomic E-state index is -0.536. The molecule has 0 spiro atoms. The summed E-state index contributed by atoms with van der Waals surface area (Å²) in [6, 6.07) is 7.78. The molecule has 0 unspecified atom stereocenters. The first-order valence-electron chi connectivity index (χ1n) is 7.05. The quantitative estimate of drug-likeness (QED) is 0.920. The van der Waals surface area contributed by atoms with Gasteiger partial charge in [-0.05, 0) is 47.8 Å². The molecule has 112 valence electrons. The van der Waals surface area contributed by atoms with E-state index in [1.807, 2.05) is 31.2 Å². The fraction of sp³-hybridized carbons (Fsp3) is 0.467. The molecule has 1 aromatic heterocycles. The van der Waals surface area contributed by atoms with E-state index in [1.54, 1.807) is 0 Å². The summed E-state index contributed by atoms with van der Waals surface area (Å²) < 4.78 is 6.69. The Labute approximate surface area is 132 Å². The van der Waals surface area contributed by atoms with Crippen molar-refractivity contribution in [2.45, 2.75) is 31.9 Å². The highest BCUT2D eigenvalue weighted by Gasteiger charge is 2.28. The Bertz CT molecular complexity index is 617. The van der Waals surface area contributed by atoms with Gasteiger partial charge in [0.15, 0.2) is 0 Å². The highest BCUT2D eigenvalue weighted by molar-refractivity contribution is 9.10. The van der Waals surface area contributed by atoms with Crippen molar-refractivity contribution in [2.75, 3.05) is 13.1 Å². The van der Waals surface area contributed by atoms with Crippen LogP contribution in [0.5, 0.6) is 0 Å². The number of nitrogens with zero attached hydrogens (tertiary/aromatic N) is 3. The second-order valence-electron chi connectivity index (χ2n) is 5.75. The van der Waals surface area contributed by atoms with E-state index in [0.29, 0.717) is 18.3 Å². The molecule has 1 fully saturated rings. The van der Waals surface area contributed by atoms with E-state index in [4.69, 9.17) is 4.42 Å². The molecular formula is C15H18BrN3O2. The Morgan fingerprint density at radius 3 is 2.71 bits per heavy atom. The van der Waals surface area contributed by atoms with Gasteiger partial charge >= 0.3 is 0 Å². The topological polar surface area (TPSA) is 62.4 Å². The van der Waals surface area contributed by atoms with Crippen molar-refractivity contribution in [1.82, 2.24) is 15.1 Å². The van der Waals surface area contributed by atoms with Crippen molar-refractivity contribution < 1.29 is 9.52 Å². The summed E-state index contributed by atoms with van der Waals surface area (Å²) in [5.41, 5.74) is 0.364. The summed E-state index contributed by atoms with van der Waals surface area (Å²) in [6.07, 6.45) is 1.55. The lowest BCUT2D eigenvalue weighted by atomic mass is 9.94. The molecule has 2 aromatic rings. The average Bonchev–Trinajstić information content (AvgIpc) is 2.90. The Morgan fingerprint density at radius 2 is 2.00 bits per heavy atom. The van der Waals surface area contributed by atoms with Crippen LogP contribution < -0.4 is 0 Å². The predicted molar refractivity (Wildman–Crippen MR) is 82.6 cm³/mol. The summed E-state index contributed by atoms with van der Waals surface area (Å²) >= 11 is 3.49. The van der Waals surface area contributed by atoms with Gasteiger partial charge in [0, 0.05) is 17.6 Å². The zero-order chi connectivity index (χ0) is 14.9. The zero-order valence-corrected chi connectivity index (χ0v) is 13.5. The number of benzene rings is 1. The summed E-state index contributed by atoms with van der Waals surface area (Å²) in [4.78, 5) is 2.23. The highest BCUT2D eigenvalue weighted by atomic mass is 79.9. The van der Waals surface area contributed by atoms with Gasteiger partial charge in [0.2, 0.25) is 11.8 Å². The van der Waals surface area contributed by atoms with Crippen LogP contribution in [-0.2, 0) is 6.54 Å². The number of rotatable bonds is 3. The van der Waals surface area contributed by atoms with Crippen LogP contribution in [0.3, 0.4) is 0 Å². The molecule has 1 aliphatic heterocycles. The van der Waals surface area contributed by atoms with Crippen LogP contribution in [0.25, 0.3) is 11.5 Å². The molecule has 2 heterocycles. The van der Waals surface area contributed by atoms with Gasteiger partial charge in [0.05, 0.1) is 17.7 Å². The molecule has 3 rings (SSSR count). The molecule has 0 aliphatic carbocycles. The van der Waals surface area contributed by atoms with Crippen LogP contribution in [0.4, 0.5) is 0 Å². The van der Waals surface area contributed by atoms with Crippen LogP contribution in [0.1, 0.15) is 25.7 Å². The predicted octanol–water partition coefficient (Wildman–Crippen LogP) is 2.85. The zero-order valence-electron chi connectivity index (χ0n) is 11.9. The van der Waals surface area contributed by atoms with E-state index in [2.05, 4.69) is 31.0 Å². The average molecular weight is 352 g/mol. The molecule has 0 amide bonds. The van der Waals surface area contributed by atoms with Gasteiger partial charge in [-0.3, -0.25) is 4.90 Å². The monoisotopic (exact) mass is 351 g/mol. The Morgan fingerprint density at radius 1 is 1.29 bits per heavy atom. The van der Waals surface area contributed by atoms with Crippen molar-refractivity contribution in [3.63, 3.8) is 0 Å². The van der Waals surface area contributed by atoms with Crippen molar-refractivity contribution in [1.29, 1.82) is 0 Å². The van der Waals surface area contributed by atoms with E-state index in [1.165, 1.54) is 0 Å². The van der Waals surface area contributed by atoms with Gasteiger partial charge in [-0.15, -0.1) is 10.2 Å². The Hall–Kier alpha value is -1.24. The minimum absolute atomic E-state index is 0.529. The van der Waals surface area contributed by atoms with Crippen LogP contribution in [-0.4, -0.2) is 38.9 Å². The van der Waals surface area contributed by atoms with E-state index >= 15 is 0 Å². The van der Waals surface area contributed by atoms with Gasteiger partial charge in [-0.1, -0.05) is 12.1 Å². The molecule has 0 atom stereocenters. The molecule has 0 saturated carbocycles. The first-order valence-corrected chi connectivity index (χ1v) is 7.85. The van der Waals surface area contributed by atoms with Crippen LogP contribution >= 0.6 is 15.9 Å². The van der Waals surface area contributed by atoms with Crippen molar-refractivity contribution in [3.05, 3.63) is 34.6 Å². The molecule has 21 heavy (non-hydrogen) atoms. The van der Waals surface area contributed by atoms with Crippen molar-refractivity contribution in [2.24, 2.45) is 0 Å². The first kappa shape index (κ1) is 14.7. The lowest BCUT2D eigenvalue weighted by molar-refractivity contribution is -0.00906. The Balaban J connectivity index is 1.68. The molecule has 5 nitrogen and oxygen atoms in total. The first-order chi connectivity index (χ1) is 10.0. The van der Waals surface area contributed by atoms with Gasteiger partial charge in [0.25, 0.3) is 0 Å². The summed E-state index contributed by atoms with van der Waals surface area (Å²) in [5.74, 6) is 1.14. The number of aliphatic hydroxyl groups is 1. The summed E-state index contributed by atoms with van der Waals surface area (Å²) in [6.45, 7) is 4.22. The molecule has 1 saturated heterocycles. The van der Waals surface area contributed by atoms with Gasteiger partial charge < -0.3 is 9.52 Å². The lowest BCUT2D eigenvalue weighted by Gasteiger charge is -2.34. The molecular weight excluding hydrogens is 334 g/mol. The minimum Gasteiger partial charge on any atom is -0.419 e. The van der Waals surface area contributed by atoms with E-state index in [9.17, 15) is 5.11 Å². The van der Waals surface area contributed by atoms with Crippen LogP contribution in [0, 0.1) is 0 Å². The van der Waals surface area contributed by atoms with E-state index < -0.39 is 5.60 Å². The molecule has 0 radical (unpaired) electrons.